The number of nitrogens with one attached hydrogen (secondary N) is 1. The van der Waals surface area contributed by atoms with Crippen LogP contribution >= 0.6 is 0 Å². The maximum atomic E-state index is 12.5. The summed E-state index contributed by atoms with van der Waals surface area (Å²) in [7, 11) is 0. The second kappa shape index (κ2) is 9.60. The van der Waals surface area contributed by atoms with E-state index >= 15 is 0 Å². The highest BCUT2D eigenvalue weighted by Crippen LogP contribution is 2.23. The summed E-state index contributed by atoms with van der Waals surface area (Å²) < 4.78 is 5.27. The second-order valence-corrected chi connectivity index (χ2v) is 6.93. The Morgan fingerprint density at radius 3 is 2.17 bits per heavy atom. The van der Waals surface area contributed by atoms with Crippen LogP contribution in [0.25, 0.3) is 11.4 Å². The van der Waals surface area contributed by atoms with Gasteiger partial charge in [0.1, 0.15) is 0 Å². The zero-order valence-corrected chi connectivity index (χ0v) is 16.4. The molecule has 0 spiro atoms. The predicted octanol–water partition coefficient (Wildman–Crippen LogP) is 4.01. The molecule has 0 aliphatic rings. The van der Waals surface area contributed by atoms with Gasteiger partial charge in [-0.3, -0.25) is 9.78 Å². The summed E-state index contributed by atoms with van der Waals surface area (Å²) in [5.41, 5.74) is 3.17. The van der Waals surface area contributed by atoms with E-state index in [1.54, 1.807) is 12.4 Å². The van der Waals surface area contributed by atoms with E-state index in [1.165, 1.54) is 11.1 Å². The average Bonchev–Trinajstić information content (AvgIpc) is 3.29. The Balaban J connectivity index is 1.35. The van der Waals surface area contributed by atoms with Gasteiger partial charge in [-0.05, 0) is 23.3 Å². The van der Waals surface area contributed by atoms with Crippen molar-refractivity contribution in [3.05, 3.63) is 102 Å². The maximum absolute atomic E-state index is 12.5. The number of pyridine rings is 1. The van der Waals surface area contributed by atoms with Gasteiger partial charge in [0.05, 0.1) is 0 Å². The van der Waals surface area contributed by atoms with Crippen molar-refractivity contribution in [2.24, 2.45) is 0 Å². The first-order chi connectivity index (χ1) is 14.8. The van der Waals surface area contributed by atoms with Gasteiger partial charge < -0.3 is 9.84 Å². The molecule has 0 saturated heterocycles. The van der Waals surface area contributed by atoms with Crippen LogP contribution in [0, 0.1) is 0 Å². The minimum Gasteiger partial charge on any atom is -0.355 e. The molecule has 1 amide bonds. The Kier molecular flexibility index (Phi) is 6.25. The van der Waals surface area contributed by atoms with Gasteiger partial charge in [0.2, 0.25) is 17.6 Å². The van der Waals surface area contributed by atoms with E-state index in [9.17, 15) is 4.79 Å². The Labute approximate surface area is 175 Å². The van der Waals surface area contributed by atoms with Gasteiger partial charge in [-0.2, -0.15) is 4.98 Å². The number of amides is 1. The highest BCUT2D eigenvalue weighted by atomic mass is 16.5. The number of aromatic nitrogens is 3. The molecular weight excluding hydrogens is 376 g/mol. The van der Waals surface area contributed by atoms with Crippen LogP contribution in [-0.4, -0.2) is 27.6 Å². The Bertz CT molecular complexity index is 1030. The first-order valence-electron chi connectivity index (χ1n) is 9.89. The van der Waals surface area contributed by atoms with Gasteiger partial charge in [0, 0.05) is 43.3 Å². The van der Waals surface area contributed by atoms with Gasteiger partial charge in [0.15, 0.2) is 0 Å². The standard InChI is InChI=1S/C24H22N4O2/c29-22(11-12-23-27-24(28-30-23)20-13-15-25-16-14-20)26-17-21(18-7-3-1-4-8-18)19-9-5-2-6-10-19/h1-10,13-16,21H,11-12,17H2,(H,26,29). The molecule has 0 saturated carbocycles. The number of aryl methyl sites for hydroxylation is 1. The maximum Gasteiger partial charge on any atom is 0.227 e. The SMILES string of the molecule is O=C(CCc1nc(-c2ccncc2)no1)NCC(c1ccccc1)c1ccccc1. The van der Waals surface area contributed by atoms with Gasteiger partial charge in [-0.1, -0.05) is 65.8 Å². The van der Waals surface area contributed by atoms with Crippen molar-refractivity contribution in [2.75, 3.05) is 6.54 Å². The largest absolute Gasteiger partial charge is 0.355 e. The lowest BCUT2D eigenvalue weighted by atomic mass is 9.91. The fraction of sp³-hybridized carbons (Fsp3) is 0.167. The van der Waals surface area contributed by atoms with E-state index in [0.29, 0.717) is 24.7 Å². The number of benzene rings is 2. The third kappa shape index (κ3) is 4.97. The molecule has 150 valence electrons. The number of carbonyl (C=O) groups excluding carboxylic acids is 1. The molecule has 0 aliphatic carbocycles. The molecule has 6 heteroatoms. The van der Waals surface area contributed by atoms with Crippen molar-refractivity contribution >= 4 is 5.91 Å². The van der Waals surface area contributed by atoms with E-state index in [0.717, 1.165) is 5.56 Å². The van der Waals surface area contributed by atoms with Crippen molar-refractivity contribution in [3.8, 4) is 11.4 Å². The summed E-state index contributed by atoms with van der Waals surface area (Å²) in [4.78, 5) is 20.8. The minimum absolute atomic E-state index is 0.0458. The normalized spacial score (nSPS) is 10.8. The predicted molar refractivity (Wildman–Crippen MR) is 114 cm³/mol. The molecular formula is C24H22N4O2. The first kappa shape index (κ1) is 19.5. The van der Waals surface area contributed by atoms with Crippen molar-refractivity contribution < 1.29 is 9.32 Å². The summed E-state index contributed by atoms with van der Waals surface area (Å²) in [6, 6.07) is 24.0. The monoisotopic (exact) mass is 398 g/mol. The lowest BCUT2D eigenvalue weighted by Gasteiger charge is -2.18. The van der Waals surface area contributed by atoms with Gasteiger partial charge >= 0.3 is 0 Å². The number of hydrogen-bond donors (Lipinski definition) is 1. The lowest BCUT2D eigenvalue weighted by Crippen LogP contribution is -2.29. The smallest absolute Gasteiger partial charge is 0.227 e. The third-order valence-electron chi connectivity index (χ3n) is 4.88. The molecule has 0 unspecified atom stereocenters. The van der Waals surface area contributed by atoms with Crippen LogP contribution in [0.3, 0.4) is 0 Å². The molecule has 0 atom stereocenters. The highest BCUT2D eigenvalue weighted by molar-refractivity contribution is 5.76. The number of carbonyl (C=O) groups is 1. The molecule has 2 heterocycles. The Hall–Kier alpha value is -3.80. The van der Waals surface area contributed by atoms with Gasteiger partial charge in [0.25, 0.3) is 0 Å². The zero-order chi connectivity index (χ0) is 20.6. The van der Waals surface area contributed by atoms with Crippen molar-refractivity contribution in [2.45, 2.75) is 18.8 Å². The highest BCUT2D eigenvalue weighted by Gasteiger charge is 2.16. The molecule has 2 aromatic carbocycles. The summed E-state index contributed by atoms with van der Waals surface area (Å²) in [5.74, 6) is 0.995. The Morgan fingerprint density at radius 1 is 0.900 bits per heavy atom. The molecule has 1 N–H and O–H groups in total. The van der Waals surface area contributed by atoms with E-state index in [2.05, 4.69) is 44.7 Å². The van der Waals surface area contributed by atoms with E-state index in [4.69, 9.17) is 4.52 Å². The van der Waals surface area contributed by atoms with Crippen LogP contribution in [0.2, 0.25) is 0 Å². The van der Waals surface area contributed by atoms with Crippen LogP contribution < -0.4 is 5.32 Å². The van der Waals surface area contributed by atoms with Gasteiger partial charge in [-0.15, -0.1) is 0 Å². The van der Waals surface area contributed by atoms with Crippen LogP contribution in [-0.2, 0) is 11.2 Å². The van der Waals surface area contributed by atoms with Crippen LogP contribution in [0.15, 0.2) is 89.7 Å². The number of rotatable bonds is 8. The lowest BCUT2D eigenvalue weighted by molar-refractivity contribution is -0.121. The summed E-state index contributed by atoms with van der Waals surface area (Å²) >= 11 is 0. The van der Waals surface area contributed by atoms with Crippen LogP contribution in [0.5, 0.6) is 0 Å². The van der Waals surface area contributed by atoms with E-state index in [-0.39, 0.29) is 18.2 Å². The van der Waals surface area contributed by atoms with Crippen molar-refractivity contribution in [3.63, 3.8) is 0 Å². The summed E-state index contributed by atoms with van der Waals surface area (Å²) in [6.07, 6.45) is 4.03. The van der Waals surface area contributed by atoms with Crippen LogP contribution in [0.4, 0.5) is 0 Å². The molecule has 4 aromatic rings. The first-order valence-corrected chi connectivity index (χ1v) is 9.89. The molecule has 0 aliphatic heterocycles. The number of hydrogen-bond acceptors (Lipinski definition) is 5. The molecule has 0 radical (unpaired) electrons. The van der Waals surface area contributed by atoms with Crippen molar-refractivity contribution in [1.29, 1.82) is 0 Å². The molecule has 0 bridgehead atoms. The third-order valence-corrected chi connectivity index (χ3v) is 4.88. The van der Waals surface area contributed by atoms with Crippen molar-refractivity contribution in [1.82, 2.24) is 20.4 Å². The average molecular weight is 398 g/mol. The van der Waals surface area contributed by atoms with Crippen LogP contribution in [0.1, 0.15) is 29.4 Å². The number of nitrogens with zero attached hydrogens (tertiary/aromatic N) is 3. The molecule has 2 aromatic heterocycles. The van der Waals surface area contributed by atoms with Gasteiger partial charge in [-0.25, -0.2) is 0 Å². The fourth-order valence-corrected chi connectivity index (χ4v) is 3.30. The fourth-order valence-electron chi connectivity index (χ4n) is 3.30. The quantitative estimate of drug-likeness (QED) is 0.485. The second-order valence-electron chi connectivity index (χ2n) is 6.93. The summed E-state index contributed by atoms with van der Waals surface area (Å²) in [5, 5.41) is 7.02. The molecule has 0 fully saturated rings. The minimum atomic E-state index is -0.0458. The van der Waals surface area contributed by atoms with E-state index < -0.39 is 0 Å². The summed E-state index contributed by atoms with van der Waals surface area (Å²) in [6.45, 7) is 0.527. The Morgan fingerprint density at radius 2 is 1.53 bits per heavy atom. The zero-order valence-electron chi connectivity index (χ0n) is 16.4. The molecule has 30 heavy (non-hydrogen) atoms. The molecule has 4 rings (SSSR count). The van der Waals surface area contributed by atoms with E-state index in [1.807, 2.05) is 48.5 Å². The topological polar surface area (TPSA) is 80.9 Å². The molecule has 6 nitrogen and oxygen atoms in total.